The third kappa shape index (κ3) is 3.95. The van der Waals surface area contributed by atoms with Gasteiger partial charge in [0.1, 0.15) is 0 Å². The second kappa shape index (κ2) is 8.37. The minimum absolute atomic E-state index is 0.190. The van der Waals surface area contributed by atoms with Crippen LogP contribution in [0.15, 0.2) is 70.8 Å². The highest BCUT2D eigenvalue weighted by Crippen LogP contribution is 2.64. The van der Waals surface area contributed by atoms with E-state index >= 15 is 0 Å². The van der Waals surface area contributed by atoms with Gasteiger partial charge in [-0.25, -0.2) is 13.2 Å². The van der Waals surface area contributed by atoms with E-state index in [1.807, 2.05) is 63.2 Å². The highest BCUT2D eigenvalue weighted by Gasteiger charge is 2.65. The molecule has 4 rings (SSSR count). The summed E-state index contributed by atoms with van der Waals surface area (Å²) >= 11 is 0. The minimum atomic E-state index is -3.59. The maximum absolute atomic E-state index is 13.3. The van der Waals surface area contributed by atoms with Crippen LogP contribution in [0.5, 0.6) is 0 Å². The van der Waals surface area contributed by atoms with Crippen molar-refractivity contribution in [2.75, 3.05) is 20.2 Å². The van der Waals surface area contributed by atoms with Gasteiger partial charge in [-0.2, -0.15) is 4.31 Å². The SMILES string of the molecule is COC(=O)N(Cc1ccccc1)C(=C(C)C)C12CC1CN(S(=O)(=O)c1ccc(C)cc1)C2. The third-order valence-electron chi connectivity index (χ3n) is 6.57. The molecule has 1 saturated carbocycles. The first kappa shape index (κ1) is 22.6. The Morgan fingerprint density at radius 3 is 2.38 bits per heavy atom. The topological polar surface area (TPSA) is 66.9 Å². The number of amides is 1. The highest BCUT2D eigenvalue weighted by atomic mass is 32.2. The smallest absolute Gasteiger partial charge is 0.414 e. The minimum Gasteiger partial charge on any atom is -0.452 e. The Bertz CT molecular complexity index is 1140. The van der Waals surface area contributed by atoms with Crippen molar-refractivity contribution in [2.45, 2.75) is 38.6 Å². The summed E-state index contributed by atoms with van der Waals surface area (Å²) in [5.74, 6) is 0.190. The molecule has 1 aliphatic heterocycles. The fourth-order valence-corrected chi connectivity index (χ4v) is 6.55. The number of piperidine rings is 1. The summed E-state index contributed by atoms with van der Waals surface area (Å²) in [6, 6.07) is 16.7. The zero-order valence-electron chi connectivity index (χ0n) is 19.0. The molecule has 0 N–H and O–H groups in total. The van der Waals surface area contributed by atoms with Crippen molar-refractivity contribution in [3.8, 4) is 0 Å². The molecule has 2 aliphatic rings. The first-order valence-corrected chi connectivity index (χ1v) is 12.3. The molecule has 0 bridgehead atoms. The molecule has 2 aromatic carbocycles. The zero-order valence-corrected chi connectivity index (χ0v) is 19.9. The van der Waals surface area contributed by atoms with Crippen molar-refractivity contribution in [2.24, 2.45) is 11.3 Å². The van der Waals surface area contributed by atoms with Crippen LogP contribution in [0, 0.1) is 18.3 Å². The summed E-state index contributed by atoms with van der Waals surface area (Å²) in [6.07, 6.45) is 0.445. The van der Waals surface area contributed by atoms with Gasteiger partial charge in [0.25, 0.3) is 0 Å². The lowest BCUT2D eigenvalue weighted by Crippen LogP contribution is -2.38. The van der Waals surface area contributed by atoms with Crippen molar-refractivity contribution in [1.82, 2.24) is 9.21 Å². The van der Waals surface area contributed by atoms with Gasteiger partial charge in [-0.05, 0) is 50.8 Å². The van der Waals surface area contributed by atoms with E-state index in [1.165, 1.54) is 7.11 Å². The van der Waals surface area contributed by atoms with Gasteiger partial charge in [-0.15, -0.1) is 0 Å². The van der Waals surface area contributed by atoms with Gasteiger partial charge < -0.3 is 4.74 Å². The number of sulfonamides is 1. The molecule has 2 atom stereocenters. The van der Waals surface area contributed by atoms with Crippen LogP contribution in [-0.2, 0) is 21.3 Å². The van der Waals surface area contributed by atoms with E-state index in [0.29, 0.717) is 24.5 Å². The quantitative estimate of drug-likeness (QED) is 0.641. The molecule has 1 amide bonds. The van der Waals surface area contributed by atoms with Crippen LogP contribution < -0.4 is 0 Å². The fourth-order valence-electron chi connectivity index (χ4n) is 4.99. The predicted molar refractivity (Wildman–Crippen MR) is 123 cm³/mol. The molecule has 1 saturated heterocycles. The van der Waals surface area contributed by atoms with Crippen LogP contribution in [0.1, 0.15) is 31.4 Å². The molecule has 7 heteroatoms. The van der Waals surface area contributed by atoms with Crippen LogP contribution in [0.4, 0.5) is 4.79 Å². The number of carbonyl (C=O) groups is 1. The summed E-state index contributed by atoms with van der Waals surface area (Å²) in [7, 11) is -2.21. The van der Waals surface area contributed by atoms with E-state index in [4.69, 9.17) is 4.74 Å². The second-order valence-electron chi connectivity index (χ2n) is 9.06. The van der Waals surface area contributed by atoms with E-state index < -0.39 is 16.1 Å². The lowest BCUT2D eigenvalue weighted by atomic mass is 9.96. The highest BCUT2D eigenvalue weighted by molar-refractivity contribution is 7.89. The normalized spacial score (nSPS) is 22.2. The number of hydrogen-bond acceptors (Lipinski definition) is 4. The Labute approximate surface area is 190 Å². The summed E-state index contributed by atoms with van der Waals surface area (Å²) in [4.78, 5) is 14.8. The Hall–Kier alpha value is -2.64. The van der Waals surface area contributed by atoms with E-state index in [1.54, 1.807) is 21.3 Å². The summed E-state index contributed by atoms with van der Waals surface area (Å²) in [6.45, 7) is 7.12. The lowest BCUT2D eigenvalue weighted by Gasteiger charge is -2.32. The molecule has 2 aromatic rings. The van der Waals surface area contributed by atoms with Crippen LogP contribution in [0.3, 0.4) is 0 Å². The average Bonchev–Trinajstić information content (AvgIpc) is 3.32. The van der Waals surface area contributed by atoms with E-state index in [2.05, 4.69) is 0 Å². The van der Waals surface area contributed by atoms with Crippen molar-refractivity contribution in [3.05, 3.63) is 77.0 Å². The number of nitrogens with zero attached hydrogens (tertiary/aromatic N) is 2. The molecule has 170 valence electrons. The number of fused-ring (bicyclic) bond motifs is 1. The van der Waals surface area contributed by atoms with Crippen LogP contribution >= 0.6 is 0 Å². The second-order valence-corrected chi connectivity index (χ2v) is 11.0. The first-order chi connectivity index (χ1) is 15.2. The van der Waals surface area contributed by atoms with Gasteiger partial charge in [0.05, 0.1) is 18.6 Å². The number of carbonyl (C=O) groups excluding carboxylic acids is 1. The maximum atomic E-state index is 13.3. The van der Waals surface area contributed by atoms with Gasteiger partial charge in [0, 0.05) is 24.2 Å². The first-order valence-electron chi connectivity index (χ1n) is 10.8. The lowest BCUT2D eigenvalue weighted by molar-refractivity contribution is 0.126. The molecule has 1 heterocycles. The number of rotatable bonds is 6. The van der Waals surface area contributed by atoms with Crippen molar-refractivity contribution in [1.29, 1.82) is 0 Å². The van der Waals surface area contributed by atoms with E-state index in [0.717, 1.165) is 28.8 Å². The largest absolute Gasteiger partial charge is 0.452 e. The molecule has 0 radical (unpaired) electrons. The van der Waals surface area contributed by atoms with Crippen molar-refractivity contribution >= 4 is 16.1 Å². The molecule has 32 heavy (non-hydrogen) atoms. The number of allylic oxidation sites excluding steroid dienone is 1. The molecular formula is C25H30N2O4S. The van der Waals surface area contributed by atoms with Crippen molar-refractivity contribution in [3.63, 3.8) is 0 Å². The third-order valence-corrected chi connectivity index (χ3v) is 8.39. The van der Waals surface area contributed by atoms with Crippen LogP contribution in [-0.4, -0.2) is 43.9 Å². The van der Waals surface area contributed by atoms with Gasteiger partial charge in [0.15, 0.2) is 0 Å². The standard InChI is InChI=1S/C25H30N2O4S/c1-18(2)23(27(24(28)31-4)15-20-8-6-5-7-9-20)25-14-21(25)16-26(17-25)32(29,30)22-12-10-19(3)11-13-22/h5-13,21H,14-17H2,1-4H3. The molecular weight excluding hydrogens is 424 g/mol. The Balaban J connectivity index is 1.65. The zero-order chi connectivity index (χ0) is 23.1. The molecule has 6 nitrogen and oxygen atoms in total. The van der Waals surface area contributed by atoms with Gasteiger partial charge in [-0.1, -0.05) is 53.6 Å². The molecule has 0 spiro atoms. The molecule has 0 aromatic heterocycles. The van der Waals surface area contributed by atoms with Gasteiger partial charge in [-0.3, -0.25) is 4.90 Å². The van der Waals surface area contributed by atoms with E-state index in [9.17, 15) is 13.2 Å². The summed E-state index contributed by atoms with van der Waals surface area (Å²) < 4.78 is 33.3. The Morgan fingerprint density at radius 2 is 1.78 bits per heavy atom. The van der Waals surface area contributed by atoms with Crippen molar-refractivity contribution < 1.29 is 17.9 Å². The van der Waals surface area contributed by atoms with Gasteiger partial charge >= 0.3 is 6.09 Å². The number of benzene rings is 2. The number of methoxy groups -OCH3 is 1. The number of aryl methyl sites for hydroxylation is 1. The van der Waals surface area contributed by atoms with E-state index in [-0.39, 0.29) is 11.3 Å². The maximum Gasteiger partial charge on any atom is 0.414 e. The van der Waals surface area contributed by atoms with Gasteiger partial charge in [0.2, 0.25) is 10.0 Å². The number of hydrogen-bond donors (Lipinski definition) is 0. The fraction of sp³-hybridized carbons (Fsp3) is 0.400. The Morgan fingerprint density at radius 1 is 1.12 bits per heavy atom. The molecule has 1 aliphatic carbocycles. The summed E-state index contributed by atoms with van der Waals surface area (Å²) in [5.41, 5.74) is 3.54. The molecule has 2 fully saturated rings. The van der Waals surface area contributed by atoms with Crippen LogP contribution in [0.25, 0.3) is 0 Å². The monoisotopic (exact) mass is 454 g/mol. The summed E-state index contributed by atoms with van der Waals surface area (Å²) in [5, 5.41) is 0. The number of ether oxygens (including phenoxy) is 1. The predicted octanol–water partition coefficient (Wildman–Crippen LogP) is 4.57. The van der Waals surface area contributed by atoms with Crippen LogP contribution in [0.2, 0.25) is 0 Å². The average molecular weight is 455 g/mol. The Kier molecular flexibility index (Phi) is 5.90. The molecule has 2 unspecified atom stereocenters.